The summed E-state index contributed by atoms with van der Waals surface area (Å²) in [4.78, 5) is 42.8. The van der Waals surface area contributed by atoms with Gasteiger partial charge in [-0.25, -0.2) is 0 Å². The number of fused-ring (bicyclic) bond motifs is 1. The minimum atomic E-state index is -0.982. The van der Waals surface area contributed by atoms with Gasteiger partial charge in [0.2, 0.25) is 17.7 Å². The zero-order chi connectivity index (χ0) is 27.3. The second kappa shape index (κ2) is 12.5. The van der Waals surface area contributed by atoms with Gasteiger partial charge in [-0.05, 0) is 70.2 Å². The van der Waals surface area contributed by atoms with Gasteiger partial charge in [0.1, 0.15) is 17.4 Å². The van der Waals surface area contributed by atoms with Crippen molar-refractivity contribution in [3.8, 4) is 5.75 Å². The maximum absolute atomic E-state index is 13.9. The normalized spacial score (nSPS) is 28.3. The molecule has 3 amide bonds. The Morgan fingerprint density at radius 1 is 1.16 bits per heavy atom. The lowest BCUT2D eigenvalue weighted by atomic mass is 9.70. The first-order valence-electron chi connectivity index (χ1n) is 14.3. The number of amides is 3. The molecule has 3 fully saturated rings. The highest BCUT2D eigenvalue weighted by Gasteiger charge is 2.74. The van der Waals surface area contributed by atoms with Crippen LogP contribution in [-0.2, 0) is 19.1 Å². The van der Waals surface area contributed by atoms with Crippen molar-refractivity contribution in [3.05, 3.63) is 24.3 Å². The Labute approximate surface area is 225 Å². The molecule has 3 aliphatic heterocycles. The Balaban J connectivity index is 1.55. The van der Waals surface area contributed by atoms with Crippen LogP contribution in [0.3, 0.4) is 0 Å². The zero-order valence-corrected chi connectivity index (χ0v) is 22.9. The smallest absolute Gasteiger partial charge is 0.246 e. The van der Waals surface area contributed by atoms with Gasteiger partial charge in [-0.15, -0.1) is 0 Å². The average molecular weight is 530 g/mol. The summed E-state index contributed by atoms with van der Waals surface area (Å²) in [6.07, 6.45) is 5.80. The highest BCUT2D eigenvalue weighted by Crippen LogP contribution is 2.58. The van der Waals surface area contributed by atoms with Gasteiger partial charge >= 0.3 is 0 Å². The van der Waals surface area contributed by atoms with Crippen LogP contribution in [0.25, 0.3) is 0 Å². The predicted octanol–water partition coefficient (Wildman–Crippen LogP) is 3.26. The van der Waals surface area contributed by atoms with Crippen LogP contribution in [0.15, 0.2) is 24.3 Å². The molecule has 6 atom stereocenters. The molecule has 3 aliphatic rings. The van der Waals surface area contributed by atoms with E-state index in [9.17, 15) is 14.4 Å². The van der Waals surface area contributed by atoms with Crippen molar-refractivity contribution in [3.63, 3.8) is 0 Å². The number of carbonyl (C=O) groups excluding carboxylic acids is 3. The van der Waals surface area contributed by atoms with Gasteiger partial charge < -0.3 is 30.1 Å². The summed E-state index contributed by atoms with van der Waals surface area (Å²) < 4.78 is 12.0. The van der Waals surface area contributed by atoms with Crippen LogP contribution >= 0.6 is 0 Å². The molecule has 0 aromatic heterocycles. The number of hydrogen-bond donors (Lipinski definition) is 3. The van der Waals surface area contributed by atoms with Gasteiger partial charge in [0.25, 0.3) is 0 Å². The number of likely N-dealkylation sites (tertiary alicyclic amines) is 1. The molecular weight excluding hydrogens is 486 g/mol. The number of anilines is 1. The fraction of sp³-hybridized carbons (Fsp3) is 0.690. The van der Waals surface area contributed by atoms with E-state index in [1.165, 1.54) is 0 Å². The molecule has 4 rings (SSSR count). The lowest BCUT2D eigenvalue weighted by Gasteiger charge is -2.34. The van der Waals surface area contributed by atoms with Crippen LogP contribution < -0.4 is 15.4 Å². The van der Waals surface area contributed by atoms with Crippen LogP contribution in [0, 0.1) is 11.8 Å². The number of benzene rings is 1. The van der Waals surface area contributed by atoms with Gasteiger partial charge in [-0.2, -0.15) is 0 Å². The molecule has 0 radical (unpaired) electrons. The molecule has 3 heterocycles. The zero-order valence-electron chi connectivity index (χ0n) is 22.9. The minimum Gasteiger partial charge on any atom is -0.494 e. The number of hydrogen-bond acceptors (Lipinski definition) is 6. The Morgan fingerprint density at radius 3 is 2.58 bits per heavy atom. The fourth-order valence-corrected chi connectivity index (χ4v) is 6.60. The molecule has 9 nitrogen and oxygen atoms in total. The minimum absolute atomic E-state index is 0.0122. The van der Waals surface area contributed by atoms with Gasteiger partial charge in [-0.1, -0.05) is 26.2 Å². The second-order valence-corrected chi connectivity index (χ2v) is 10.9. The third-order valence-corrected chi connectivity index (χ3v) is 8.20. The molecule has 1 aromatic carbocycles. The van der Waals surface area contributed by atoms with Crippen molar-refractivity contribution in [1.82, 2.24) is 10.2 Å². The van der Waals surface area contributed by atoms with E-state index in [2.05, 4.69) is 17.6 Å². The number of ether oxygens (including phenoxy) is 2. The summed E-state index contributed by atoms with van der Waals surface area (Å²) in [6, 6.07) is 6.41. The van der Waals surface area contributed by atoms with Crippen LogP contribution in [0.5, 0.6) is 5.75 Å². The number of rotatable bonds is 14. The first-order valence-corrected chi connectivity index (χ1v) is 14.3. The molecule has 1 spiro atoms. The molecule has 1 aromatic rings. The molecule has 210 valence electrons. The first-order chi connectivity index (χ1) is 18.4. The monoisotopic (exact) mass is 529 g/mol. The van der Waals surface area contributed by atoms with Crippen molar-refractivity contribution in [1.29, 1.82) is 0 Å². The molecule has 38 heavy (non-hydrogen) atoms. The summed E-state index contributed by atoms with van der Waals surface area (Å²) >= 11 is 0. The van der Waals surface area contributed by atoms with E-state index in [0.717, 1.165) is 44.3 Å². The average Bonchev–Trinajstić information content (AvgIpc) is 3.53. The molecular formula is C29H43N3O6. The van der Waals surface area contributed by atoms with Crippen LogP contribution in [0.4, 0.5) is 5.69 Å². The summed E-state index contributed by atoms with van der Waals surface area (Å²) in [6.45, 7) is 7.10. The SMILES string of the molecule is CCCC(C)NC(=O)C1N(CCCCCCO)C(=O)[C@@H]2[C@H](C(=O)Nc3ccc(OCC)cc3)[C@@H]3CCC12O3. The molecule has 0 saturated carbocycles. The Kier molecular flexibility index (Phi) is 9.31. The molecule has 9 heteroatoms. The third kappa shape index (κ3) is 5.54. The molecule has 3 unspecified atom stereocenters. The number of unbranched alkanes of at least 4 members (excludes halogenated alkanes) is 3. The van der Waals surface area contributed by atoms with Crippen LogP contribution in [0.1, 0.15) is 72.1 Å². The fourth-order valence-electron chi connectivity index (χ4n) is 6.60. The quantitative estimate of drug-likeness (QED) is 0.319. The first kappa shape index (κ1) is 28.4. The molecule has 3 saturated heterocycles. The molecule has 3 N–H and O–H groups in total. The number of nitrogens with one attached hydrogen (secondary N) is 2. The maximum atomic E-state index is 13.9. The lowest BCUT2D eigenvalue weighted by molar-refractivity contribution is -0.141. The number of aliphatic hydroxyl groups is 1. The van der Waals surface area contributed by atoms with Gasteiger partial charge in [-0.3, -0.25) is 14.4 Å². The van der Waals surface area contributed by atoms with E-state index < -0.39 is 23.5 Å². The third-order valence-electron chi connectivity index (χ3n) is 8.20. The summed E-state index contributed by atoms with van der Waals surface area (Å²) in [5.74, 6) is -1.21. The van der Waals surface area contributed by atoms with Crippen LogP contribution in [-0.4, -0.2) is 71.3 Å². The van der Waals surface area contributed by atoms with E-state index in [1.54, 1.807) is 29.2 Å². The van der Waals surface area contributed by atoms with Gasteiger partial charge in [0.05, 0.1) is 24.5 Å². The van der Waals surface area contributed by atoms with Crippen molar-refractivity contribution in [2.45, 2.75) is 95.9 Å². The van der Waals surface area contributed by atoms with Crippen molar-refractivity contribution >= 4 is 23.4 Å². The number of nitrogens with zero attached hydrogens (tertiary/aromatic N) is 1. The van der Waals surface area contributed by atoms with E-state index in [0.29, 0.717) is 31.7 Å². The van der Waals surface area contributed by atoms with E-state index in [-0.39, 0.29) is 36.5 Å². The lowest BCUT2D eigenvalue weighted by Crippen LogP contribution is -2.56. The summed E-state index contributed by atoms with van der Waals surface area (Å²) in [5.41, 5.74) is -0.354. The van der Waals surface area contributed by atoms with Crippen LogP contribution in [0.2, 0.25) is 0 Å². The largest absolute Gasteiger partial charge is 0.494 e. The number of carbonyl (C=O) groups is 3. The predicted molar refractivity (Wildman–Crippen MR) is 144 cm³/mol. The highest BCUT2D eigenvalue weighted by molar-refractivity contribution is 6.02. The standard InChI is InChI=1S/C29H43N3O6/c1-4-10-19(3)30-27(35)25-29-16-15-22(38-29)23(24(29)28(36)32(25)17-8-6-7-9-18-33)26(34)31-20-11-13-21(14-12-20)37-5-2/h11-14,19,22-25,33H,4-10,15-18H2,1-3H3,(H,30,35)(H,31,34)/t19?,22-,23+,24-,25?,29?/m0/s1. The van der Waals surface area contributed by atoms with E-state index in [4.69, 9.17) is 14.6 Å². The van der Waals surface area contributed by atoms with Crippen molar-refractivity contribution in [2.24, 2.45) is 11.8 Å². The topological polar surface area (TPSA) is 117 Å². The molecule has 0 aliphatic carbocycles. The maximum Gasteiger partial charge on any atom is 0.246 e. The van der Waals surface area contributed by atoms with Gasteiger partial charge in [0.15, 0.2) is 0 Å². The number of aliphatic hydroxyl groups excluding tert-OH is 1. The van der Waals surface area contributed by atoms with E-state index in [1.807, 2.05) is 13.8 Å². The van der Waals surface area contributed by atoms with Crippen molar-refractivity contribution < 1.29 is 29.0 Å². The van der Waals surface area contributed by atoms with E-state index >= 15 is 0 Å². The second-order valence-electron chi connectivity index (χ2n) is 10.9. The Morgan fingerprint density at radius 2 is 1.89 bits per heavy atom. The summed E-state index contributed by atoms with van der Waals surface area (Å²) in [5, 5.41) is 15.2. The Hall–Kier alpha value is -2.65. The highest BCUT2D eigenvalue weighted by atomic mass is 16.5. The van der Waals surface area contributed by atoms with Gasteiger partial charge in [0, 0.05) is 24.9 Å². The Bertz CT molecular complexity index is 985. The summed E-state index contributed by atoms with van der Waals surface area (Å²) in [7, 11) is 0. The molecule has 2 bridgehead atoms. The van der Waals surface area contributed by atoms with Crippen molar-refractivity contribution in [2.75, 3.05) is 25.1 Å².